The van der Waals surface area contributed by atoms with E-state index in [1.165, 1.54) is 10.3 Å². The van der Waals surface area contributed by atoms with Crippen molar-refractivity contribution in [2.24, 2.45) is 0 Å². The van der Waals surface area contributed by atoms with Gasteiger partial charge in [0.15, 0.2) is 5.13 Å². The number of ether oxygens (including phenoxy) is 1. The highest BCUT2D eigenvalue weighted by Crippen LogP contribution is 2.32. The average Bonchev–Trinajstić information content (AvgIpc) is 3.27. The molecule has 1 fully saturated rings. The van der Waals surface area contributed by atoms with E-state index in [-0.39, 0.29) is 5.91 Å². The summed E-state index contributed by atoms with van der Waals surface area (Å²) >= 11 is 1.74. The van der Waals surface area contributed by atoms with Crippen LogP contribution in [-0.2, 0) is 6.42 Å². The van der Waals surface area contributed by atoms with Gasteiger partial charge in [-0.2, -0.15) is 0 Å². The van der Waals surface area contributed by atoms with Crippen molar-refractivity contribution in [3.05, 3.63) is 65.7 Å². The number of fused-ring (bicyclic) bond motifs is 2. The summed E-state index contributed by atoms with van der Waals surface area (Å²) in [7, 11) is 1.62. The summed E-state index contributed by atoms with van der Waals surface area (Å²) < 4.78 is 6.78. The van der Waals surface area contributed by atoms with Gasteiger partial charge in [-0.1, -0.05) is 54.7 Å². The van der Waals surface area contributed by atoms with Crippen LogP contribution >= 0.6 is 11.3 Å². The number of piperazine rings is 1. The van der Waals surface area contributed by atoms with Crippen LogP contribution in [0.25, 0.3) is 21.0 Å². The van der Waals surface area contributed by atoms with E-state index in [1.807, 2.05) is 41.3 Å². The minimum absolute atomic E-state index is 0.0276. The van der Waals surface area contributed by atoms with E-state index in [2.05, 4.69) is 30.0 Å². The van der Waals surface area contributed by atoms with Gasteiger partial charge < -0.3 is 14.5 Å². The van der Waals surface area contributed by atoms with Gasteiger partial charge in [-0.25, -0.2) is 4.98 Å². The zero-order valence-corrected chi connectivity index (χ0v) is 18.6. The highest BCUT2D eigenvalue weighted by molar-refractivity contribution is 7.22. The highest BCUT2D eigenvalue weighted by Gasteiger charge is 2.26. The molecule has 1 saturated heterocycles. The Bertz CT molecular complexity index is 1260. The maximum absolute atomic E-state index is 13.3. The zero-order chi connectivity index (χ0) is 21.4. The van der Waals surface area contributed by atoms with Gasteiger partial charge in [0.05, 0.1) is 22.9 Å². The molecule has 0 radical (unpaired) electrons. The van der Waals surface area contributed by atoms with Crippen molar-refractivity contribution in [1.82, 2.24) is 9.88 Å². The van der Waals surface area contributed by atoms with Crippen molar-refractivity contribution in [3.8, 4) is 5.75 Å². The van der Waals surface area contributed by atoms with Gasteiger partial charge in [-0.15, -0.1) is 0 Å². The third kappa shape index (κ3) is 3.61. The molecule has 0 spiro atoms. The summed E-state index contributed by atoms with van der Waals surface area (Å²) in [5.41, 5.74) is 3.03. The molecule has 4 aromatic rings. The number of carbonyl (C=O) groups is 1. The number of nitrogens with zero attached hydrogens (tertiary/aromatic N) is 3. The molecule has 6 heteroatoms. The monoisotopic (exact) mass is 431 g/mol. The number of methoxy groups -OCH3 is 1. The van der Waals surface area contributed by atoms with Crippen molar-refractivity contribution in [2.75, 3.05) is 38.2 Å². The number of benzene rings is 3. The SMILES string of the molecule is CCc1cccc2sc(N3CCN(C(=O)c4cc5ccccc5cc4OC)CC3)nc12. The quantitative estimate of drug-likeness (QED) is 0.457. The Kier molecular flexibility index (Phi) is 5.24. The van der Waals surface area contributed by atoms with Gasteiger partial charge in [-0.05, 0) is 41.0 Å². The van der Waals surface area contributed by atoms with Crippen molar-refractivity contribution < 1.29 is 9.53 Å². The Hall–Kier alpha value is -3.12. The van der Waals surface area contributed by atoms with Crippen molar-refractivity contribution in [3.63, 3.8) is 0 Å². The molecular weight excluding hydrogens is 406 g/mol. The van der Waals surface area contributed by atoms with Crippen LogP contribution in [0.2, 0.25) is 0 Å². The van der Waals surface area contributed by atoms with Crippen LogP contribution in [0.5, 0.6) is 5.75 Å². The molecule has 1 aliphatic rings. The van der Waals surface area contributed by atoms with Gasteiger partial charge in [0.2, 0.25) is 0 Å². The van der Waals surface area contributed by atoms with E-state index in [9.17, 15) is 4.79 Å². The molecule has 5 nitrogen and oxygen atoms in total. The largest absolute Gasteiger partial charge is 0.496 e. The number of thiazole rings is 1. The average molecular weight is 432 g/mol. The fraction of sp³-hybridized carbons (Fsp3) is 0.280. The van der Waals surface area contributed by atoms with Crippen molar-refractivity contribution in [1.29, 1.82) is 0 Å². The number of para-hydroxylation sites is 1. The molecule has 1 amide bonds. The number of amides is 1. The highest BCUT2D eigenvalue weighted by atomic mass is 32.1. The topological polar surface area (TPSA) is 45.7 Å². The Labute approximate surface area is 185 Å². The van der Waals surface area contributed by atoms with E-state index in [0.717, 1.165) is 40.9 Å². The number of rotatable bonds is 4. The Morgan fingerprint density at radius 1 is 1.03 bits per heavy atom. The maximum atomic E-state index is 13.3. The summed E-state index contributed by atoms with van der Waals surface area (Å²) in [5.74, 6) is 0.657. The molecule has 5 rings (SSSR count). The van der Waals surface area contributed by atoms with E-state index < -0.39 is 0 Å². The second-order valence-electron chi connectivity index (χ2n) is 7.79. The molecule has 0 bridgehead atoms. The van der Waals surface area contributed by atoms with E-state index in [4.69, 9.17) is 9.72 Å². The van der Waals surface area contributed by atoms with Crippen LogP contribution in [0.3, 0.4) is 0 Å². The van der Waals surface area contributed by atoms with E-state index >= 15 is 0 Å². The van der Waals surface area contributed by atoms with Gasteiger partial charge in [0.1, 0.15) is 5.75 Å². The number of aryl methyl sites for hydroxylation is 1. The third-order valence-corrected chi connectivity index (χ3v) is 7.09. The molecule has 158 valence electrons. The predicted octanol–water partition coefficient (Wildman–Crippen LogP) is 4.98. The molecule has 2 heterocycles. The molecule has 0 saturated carbocycles. The van der Waals surface area contributed by atoms with Crippen molar-refractivity contribution >= 4 is 43.4 Å². The first-order chi connectivity index (χ1) is 15.2. The minimum Gasteiger partial charge on any atom is -0.496 e. The Balaban J connectivity index is 1.35. The summed E-state index contributed by atoms with van der Waals surface area (Å²) in [6, 6.07) is 18.3. The van der Waals surface area contributed by atoms with Gasteiger partial charge in [0.25, 0.3) is 5.91 Å². The molecule has 0 N–H and O–H groups in total. The maximum Gasteiger partial charge on any atom is 0.257 e. The van der Waals surface area contributed by atoms with Gasteiger partial charge in [-0.3, -0.25) is 4.79 Å². The number of aromatic nitrogens is 1. The molecular formula is C25H25N3O2S. The molecule has 0 atom stereocenters. The lowest BCUT2D eigenvalue weighted by Crippen LogP contribution is -2.48. The summed E-state index contributed by atoms with van der Waals surface area (Å²) in [4.78, 5) is 22.4. The number of carbonyl (C=O) groups excluding carboxylic acids is 1. The molecule has 0 aliphatic carbocycles. The normalized spacial score (nSPS) is 14.4. The van der Waals surface area contributed by atoms with Crippen LogP contribution in [0, 0.1) is 0 Å². The second kappa shape index (κ2) is 8.19. The number of hydrogen-bond donors (Lipinski definition) is 0. The molecule has 0 unspecified atom stereocenters. The van der Waals surface area contributed by atoms with Crippen LogP contribution in [0.15, 0.2) is 54.6 Å². The molecule has 3 aromatic carbocycles. The Morgan fingerprint density at radius 3 is 2.48 bits per heavy atom. The molecule has 31 heavy (non-hydrogen) atoms. The van der Waals surface area contributed by atoms with Crippen LogP contribution in [-0.4, -0.2) is 49.1 Å². The first kappa shape index (κ1) is 19.8. The fourth-order valence-electron chi connectivity index (χ4n) is 4.24. The summed E-state index contributed by atoms with van der Waals surface area (Å²) in [6.07, 6.45) is 0.983. The molecule has 1 aromatic heterocycles. The van der Waals surface area contributed by atoms with Gasteiger partial charge >= 0.3 is 0 Å². The minimum atomic E-state index is 0.0276. The lowest BCUT2D eigenvalue weighted by molar-refractivity contribution is 0.0743. The van der Waals surface area contributed by atoms with Crippen molar-refractivity contribution in [2.45, 2.75) is 13.3 Å². The van der Waals surface area contributed by atoms with Crippen LogP contribution in [0.1, 0.15) is 22.8 Å². The summed E-state index contributed by atoms with van der Waals surface area (Å²) in [5, 5.41) is 3.17. The second-order valence-corrected chi connectivity index (χ2v) is 8.80. The van der Waals surface area contributed by atoms with Gasteiger partial charge in [0, 0.05) is 26.2 Å². The third-order valence-electron chi connectivity index (χ3n) is 6.01. The fourth-order valence-corrected chi connectivity index (χ4v) is 5.31. The van der Waals surface area contributed by atoms with E-state index in [0.29, 0.717) is 24.4 Å². The lowest BCUT2D eigenvalue weighted by Gasteiger charge is -2.34. The smallest absolute Gasteiger partial charge is 0.257 e. The first-order valence-corrected chi connectivity index (χ1v) is 11.5. The number of anilines is 1. The standard InChI is InChI=1S/C25H25N3O2S/c1-3-17-9-6-10-22-23(17)26-25(31-22)28-13-11-27(12-14-28)24(29)20-15-18-7-4-5-8-19(18)16-21(20)30-2/h4-10,15-16H,3,11-14H2,1-2H3. The van der Waals surface area contributed by atoms with Crippen LogP contribution < -0.4 is 9.64 Å². The predicted molar refractivity (Wildman–Crippen MR) is 128 cm³/mol. The van der Waals surface area contributed by atoms with Crippen LogP contribution in [0.4, 0.5) is 5.13 Å². The Morgan fingerprint density at radius 2 is 1.77 bits per heavy atom. The number of hydrogen-bond acceptors (Lipinski definition) is 5. The first-order valence-electron chi connectivity index (χ1n) is 10.7. The van der Waals surface area contributed by atoms with E-state index in [1.54, 1.807) is 18.4 Å². The molecule has 1 aliphatic heterocycles. The summed E-state index contributed by atoms with van der Waals surface area (Å²) in [6.45, 7) is 5.07. The zero-order valence-electron chi connectivity index (χ0n) is 17.8. The lowest BCUT2D eigenvalue weighted by atomic mass is 10.0.